The number of amides is 1. The molecule has 3 rings (SSSR count). The van der Waals surface area contributed by atoms with Crippen LogP contribution in [0.4, 0.5) is 4.39 Å². The van der Waals surface area contributed by atoms with Gasteiger partial charge in [-0.05, 0) is 49.1 Å². The molecular weight excluding hydrogens is 303 g/mol. The number of benzene rings is 2. The van der Waals surface area contributed by atoms with Crippen LogP contribution in [0.3, 0.4) is 0 Å². The van der Waals surface area contributed by atoms with E-state index in [1.165, 1.54) is 23.1 Å². The molecule has 1 amide bonds. The molecule has 0 fully saturated rings. The molecule has 124 valence electrons. The molecule has 0 aliphatic rings. The molecule has 0 saturated heterocycles. The molecule has 1 heterocycles. The van der Waals surface area contributed by atoms with Gasteiger partial charge in [-0.3, -0.25) is 4.79 Å². The quantitative estimate of drug-likeness (QED) is 0.688. The number of aromatic amines is 1. The highest BCUT2D eigenvalue weighted by Crippen LogP contribution is 2.19. The highest BCUT2D eigenvalue weighted by Gasteiger charge is 2.10. The van der Waals surface area contributed by atoms with Crippen molar-refractivity contribution in [3.05, 3.63) is 71.7 Å². The Morgan fingerprint density at radius 1 is 1.21 bits per heavy atom. The summed E-state index contributed by atoms with van der Waals surface area (Å²) in [5.41, 5.74) is 3.13. The van der Waals surface area contributed by atoms with Crippen molar-refractivity contribution in [3.63, 3.8) is 0 Å². The minimum absolute atomic E-state index is 0.00778. The van der Waals surface area contributed by atoms with Gasteiger partial charge in [-0.15, -0.1) is 0 Å². The topological polar surface area (TPSA) is 44.9 Å². The maximum Gasteiger partial charge on any atom is 0.220 e. The Bertz CT molecular complexity index is 840. The third-order valence-electron chi connectivity index (χ3n) is 4.25. The van der Waals surface area contributed by atoms with Gasteiger partial charge in [0.2, 0.25) is 5.91 Å². The molecule has 1 aromatic heterocycles. The summed E-state index contributed by atoms with van der Waals surface area (Å²) in [4.78, 5) is 15.3. The zero-order chi connectivity index (χ0) is 16.9. The Kier molecular flexibility index (Phi) is 4.94. The first-order chi connectivity index (χ1) is 11.6. The fourth-order valence-electron chi connectivity index (χ4n) is 2.95. The normalized spacial score (nSPS) is 12.2. The minimum atomic E-state index is -0.284. The molecule has 2 N–H and O–H groups in total. The summed E-state index contributed by atoms with van der Waals surface area (Å²) in [7, 11) is 0. The molecule has 24 heavy (non-hydrogen) atoms. The summed E-state index contributed by atoms with van der Waals surface area (Å²) in [6.45, 7) is 1.87. The Balaban J connectivity index is 1.50. The van der Waals surface area contributed by atoms with Crippen LogP contribution in [0.2, 0.25) is 0 Å². The van der Waals surface area contributed by atoms with Gasteiger partial charge in [0, 0.05) is 23.5 Å². The van der Waals surface area contributed by atoms with Crippen molar-refractivity contribution in [2.45, 2.75) is 32.2 Å². The van der Waals surface area contributed by atoms with Gasteiger partial charge in [-0.25, -0.2) is 4.39 Å². The number of para-hydroxylation sites is 1. The Hall–Kier alpha value is -2.62. The maximum absolute atomic E-state index is 13.2. The molecule has 3 nitrogen and oxygen atoms in total. The number of hydrogen-bond donors (Lipinski definition) is 2. The molecule has 0 aliphatic carbocycles. The fraction of sp³-hybridized carbons (Fsp3) is 0.250. The Morgan fingerprint density at radius 3 is 2.88 bits per heavy atom. The summed E-state index contributed by atoms with van der Waals surface area (Å²) in [6, 6.07) is 14.3. The number of fused-ring (bicyclic) bond motifs is 1. The van der Waals surface area contributed by atoms with Crippen LogP contribution in [-0.4, -0.2) is 10.9 Å². The Labute approximate surface area is 140 Å². The van der Waals surface area contributed by atoms with E-state index in [0.717, 1.165) is 23.9 Å². The van der Waals surface area contributed by atoms with E-state index >= 15 is 0 Å². The van der Waals surface area contributed by atoms with Crippen molar-refractivity contribution in [3.8, 4) is 0 Å². The molecule has 0 bridgehead atoms. The summed E-state index contributed by atoms with van der Waals surface area (Å²) in [5.74, 6) is -0.292. The van der Waals surface area contributed by atoms with Gasteiger partial charge in [0.15, 0.2) is 0 Å². The fourth-order valence-corrected chi connectivity index (χ4v) is 2.95. The van der Waals surface area contributed by atoms with E-state index in [9.17, 15) is 9.18 Å². The van der Waals surface area contributed by atoms with Crippen LogP contribution in [0.15, 0.2) is 54.7 Å². The number of nitrogens with one attached hydrogen (secondary N) is 2. The number of carbonyl (C=O) groups is 1. The van der Waals surface area contributed by atoms with Gasteiger partial charge in [0.05, 0.1) is 6.04 Å². The van der Waals surface area contributed by atoms with E-state index in [1.807, 2.05) is 37.4 Å². The van der Waals surface area contributed by atoms with Crippen molar-refractivity contribution in [2.75, 3.05) is 0 Å². The van der Waals surface area contributed by atoms with Crippen LogP contribution < -0.4 is 5.32 Å². The molecule has 0 spiro atoms. The van der Waals surface area contributed by atoms with E-state index in [2.05, 4.69) is 16.4 Å². The second-order valence-corrected chi connectivity index (χ2v) is 6.06. The van der Waals surface area contributed by atoms with E-state index in [-0.39, 0.29) is 17.8 Å². The first-order valence-corrected chi connectivity index (χ1v) is 8.23. The van der Waals surface area contributed by atoms with Gasteiger partial charge in [-0.1, -0.05) is 30.3 Å². The Morgan fingerprint density at radius 2 is 2.04 bits per heavy atom. The predicted octanol–water partition coefficient (Wildman–Crippen LogP) is 4.51. The molecular formula is C20H21FN2O. The van der Waals surface area contributed by atoms with Crippen LogP contribution in [-0.2, 0) is 11.2 Å². The van der Waals surface area contributed by atoms with E-state index < -0.39 is 0 Å². The number of rotatable bonds is 6. The SMILES string of the molecule is C[C@H](NC(=O)CCCc1c[nH]c2ccccc12)c1cccc(F)c1. The maximum atomic E-state index is 13.2. The average Bonchev–Trinajstić information content (AvgIpc) is 2.98. The summed E-state index contributed by atoms with van der Waals surface area (Å²) < 4.78 is 13.2. The zero-order valence-corrected chi connectivity index (χ0v) is 13.7. The van der Waals surface area contributed by atoms with Gasteiger partial charge in [-0.2, -0.15) is 0 Å². The third-order valence-corrected chi connectivity index (χ3v) is 4.25. The summed E-state index contributed by atoms with van der Waals surface area (Å²) in [5, 5.41) is 4.14. The van der Waals surface area contributed by atoms with Crippen molar-refractivity contribution in [1.82, 2.24) is 10.3 Å². The standard InChI is InChI=1S/C20H21FN2O/c1-14(15-6-4-8-17(21)12-15)23-20(24)11-5-7-16-13-22-19-10-3-2-9-18(16)19/h2-4,6,8-10,12-14,22H,5,7,11H2,1H3,(H,23,24)/t14-/m0/s1. The lowest BCUT2D eigenvalue weighted by Gasteiger charge is -2.14. The average molecular weight is 324 g/mol. The highest BCUT2D eigenvalue weighted by atomic mass is 19.1. The van der Waals surface area contributed by atoms with Crippen molar-refractivity contribution < 1.29 is 9.18 Å². The largest absolute Gasteiger partial charge is 0.361 e. The second kappa shape index (κ2) is 7.30. The smallest absolute Gasteiger partial charge is 0.220 e. The summed E-state index contributed by atoms with van der Waals surface area (Å²) >= 11 is 0. The minimum Gasteiger partial charge on any atom is -0.361 e. The van der Waals surface area contributed by atoms with Crippen LogP contribution >= 0.6 is 0 Å². The van der Waals surface area contributed by atoms with Crippen molar-refractivity contribution in [1.29, 1.82) is 0 Å². The summed E-state index contributed by atoms with van der Waals surface area (Å²) in [6.07, 6.45) is 4.10. The molecule has 3 aromatic rings. The molecule has 4 heteroatoms. The van der Waals surface area contributed by atoms with Crippen LogP contribution in [0.25, 0.3) is 10.9 Å². The monoisotopic (exact) mass is 324 g/mol. The van der Waals surface area contributed by atoms with Crippen molar-refractivity contribution in [2.24, 2.45) is 0 Å². The number of aromatic nitrogens is 1. The molecule has 0 radical (unpaired) electrons. The lowest BCUT2D eigenvalue weighted by molar-refractivity contribution is -0.121. The molecule has 2 aromatic carbocycles. The molecule has 0 saturated carbocycles. The van der Waals surface area contributed by atoms with Gasteiger partial charge in [0.1, 0.15) is 5.82 Å². The van der Waals surface area contributed by atoms with Gasteiger partial charge in [0.25, 0.3) is 0 Å². The van der Waals surface area contributed by atoms with Crippen molar-refractivity contribution >= 4 is 16.8 Å². The number of halogens is 1. The molecule has 0 unspecified atom stereocenters. The lowest BCUT2D eigenvalue weighted by Crippen LogP contribution is -2.26. The van der Waals surface area contributed by atoms with Gasteiger partial charge >= 0.3 is 0 Å². The first-order valence-electron chi connectivity index (χ1n) is 8.23. The molecule has 1 atom stereocenters. The number of carbonyl (C=O) groups excluding carboxylic acids is 1. The first kappa shape index (κ1) is 16.2. The predicted molar refractivity (Wildman–Crippen MR) is 94.2 cm³/mol. The van der Waals surface area contributed by atoms with E-state index in [1.54, 1.807) is 6.07 Å². The number of hydrogen-bond acceptors (Lipinski definition) is 1. The number of H-pyrrole nitrogens is 1. The molecule has 0 aliphatic heterocycles. The highest BCUT2D eigenvalue weighted by molar-refractivity contribution is 5.83. The zero-order valence-electron chi connectivity index (χ0n) is 13.7. The van der Waals surface area contributed by atoms with E-state index in [0.29, 0.717) is 6.42 Å². The van der Waals surface area contributed by atoms with Crippen LogP contribution in [0.5, 0.6) is 0 Å². The number of aryl methyl sites for hydroxylation is 1. The third kappa shape index (κ3) is 3.82. The van der Waals surface area contributed by atoms with Gasteiger partial charge < -0.3 is 10.3 Å². The van der Waals surface area contributed by atoms with Crippen LogP contribution in [0.1, 0.15) is 36.9 Å². The van der Waals surface area contributed by atoms with Crippen LogP contribution in [0, 0.1) is 5.82 Å². The second-order valence-electron chi connectivity index (χ2n) is 6.06. The lowest BCUT2D eigenvalue weighted by atomic mass is 10.1. The van der Waals surface area contributed by atoms with E-state index in [4.69, 9.17) is 0 Å².